The fraction of sp³-hybridized carbons (Fsp3) is 0.917. The molecule has 0 unspecified atom stereocenters. The lowest BCUT2D eigenvalue weighted by Gasteiger charge is -2.38. The molecule has 0 aliphatic heterocycles. The normalized spacial score (nSPS) is 18.3. The fourth-order valence-electron chi connectivity index (χ4n) is 1.80. The van der Waals surface area contributed by atoms with Crippen molar-refractivity contribution in [3.63, 3.8) is 0 Å². The third kappa shape index (κ3) is 4.65. The van der Waals surface area contributed by atoms with Crippen molar-refractivity contribution < 1.29 is 9.53 Å². The topological polar surface area (TPSA) is 38.3 Å². The lowest BCUT2D eigenvalue weighted by Crippen LogP contribution is -2.39. The van der Waals surface area contributed by atoms with Crippen LogP contribution in [0.5, 0.6) is 0 Å². The molecule has 1 aliphatic carbocycles. The van der Waals surface area contributed by atoms with Crippen LogP contribution in [0.1, 0.15) is 46.0 Å². The molecule has 88 valence electrons. The van der Waals surface area contributed by atoms with Crippen LogP contribution >= 0.6 is 0 Å². The summed E-state index contributed by atoms with van der Waals surface area (Å²) in [6, 6.07) is 0. The molecule has 0 heterocycles. The van der Waals surface area contributed by atoms with Gasteiger partial charge in [0.15, 0.2) is 0 Å². The maximum atomic E-state index is 11.2. The summed E-state index contributed by atoms with van der Waals surface area (Å²) in [5.74, 6) is -0.119. The van der Waals surface area contributed by atoms with E-state index in [1.54, 1.807) is 0 Å². The second-order valence-electron chi connectivity index (χ2n) is 4.84. The van der Waals surface area contributed by atoms with Gasteiger partial charge in [0, 0.05) is 6.54 Å². The summed E-state index contributed by atoms with van der Waals surface area (Å²) < 4.78 is 5.05. The van der Waals surface area contributed by atoms with Gasteiger partial charge < -0.3 is 10.1 Å². The molecule has 0 aromatic carbocycles. The summed E-state index contributed by atoms with van der Waals surface area (Å²) in [6.45, 7) is 6.22. The van der Waals surface area contributed by atoms with Crippen LogP contribution in [0.2, 0.25) is 0 Å². The Balaban J connectivity index is 1.97. The van der Waals surface area contributed by atoms with E-state index < -0.39 is 0 Å². The van der Waals surface area contributed by atoms with Crippen LogP contribution in [-0.4, -0.2) is 25.7 Å². The summed E-state index contributed by atoms with van der Waals surface area (Å²) in [7, 11) is 0. The Hall–Kier alpha value is -0.570. The molecule has 3 heteroatoms. The Morgan fingerprint density at radius 3 is 2.73 bits per heavy atom. The van der Waals surface area contributed by atoms with Gasteiger partial charge in [0.05, 0.1) is 13.2 Å². The maximum absolute atomic E-state index is 11.2. The highest BCUT2D eigenvalue weighted by Gasteiger charge is 2.31. The van der Waals surface area contributed by atoms with E-state index in [0.29, 0.717) is 18.6 Å². The van der Waals surface area contributed by atoms with E-state index in [1.807, 2.05) is 0 Å². The van der Waals surface area contributed by atoms with Gasteiger partial charge in [-0.15, -0.1) is 0 Å². The Kier molecular flexibility index (Phi) is 5.09. The highest BCUT2D eigenvalue weighted by molar-refractivity contribution is 5.71. The van der Waals surface area contributed by atoms with Crippen molar-refractivity contribution in [1.82, 2.24) is 5.32 Å². The number of unbranched alkanes of at least 4 members (excludes halogenated alkanes) is 1. The molecule has 1 N–H and O–H groups in total. The molecule has 15 heavy (non-hydrogen) atoms. The van der Waals surface area contributed by atoms with Crippen LogP contribution in [0.25, 0.3) is 0 Å². The zero-order valence-corrected chi connectivity index (χ0v) is 9.97. The minimum absolute atomic E-state index is 0.119. The summed E-state index contributed by atoms with van der Waals surface area (Å²) in [5.41, 5.74) is 0.434. The Labute approximate surface area is 92.6 Å². The maximum Gasteiger partial charge on any atom is 0.319 e. The first kappa shape index (κ1) is 12.5. The monoisotopic (exact) mass is 213 g/mol. The van der Waals surface area contributed by atoms with E-state index in [-0.39, 0.29) is 5.97 Å². The predicted molar refractivity (Wildman–Crippen MR) is 60.7 cm³/mol. The summed E-state index contributed by atoms with van der Waals surface area (Å²) in [5, 5.41) is 3.18. The number of nitrogens with one attached hydrogen (secondary N) is 1. The van der Waals surface area contributed by atoms with Gasteiger partial charge in [-0.05, 0) is 24.7 Å². The molecule has 0 aromatic rings. The van der Waals surface area contributed by atoms with E-state index in [2.05, 4.69) is 19.2 Å². The number of hydrogen-bond donors (Lipinski definition) is 1. The van der Waals surface area contributed by atoms with Crippen LogP contribution in [0, 0.1) is 5.41 Å². The first-order valence-electron chi connectivity index (χ1n) is 6.03. The minimum Gasteiger partial charge on any atom is -0.465 e. The Bertz CT molecular complexity index is 200. The average molecular weight is 213 g/mol. The first-order chi connectivity index (χ1) is 7.16. The van der Waals surface area contributed by atoms with Crippen LogP contribution in [0.15, 0.2) is 0 Å². The molecule has 1 saturated carbocycles. The van der Waals surface area contributed by atoms with Gasteiger partial charge in [0.2, 0.25) is 0 Å². The van der Waals surface area contributed by atoms with Crippen LogP contribution in [0.3, 0.4) is 0 Å². The van der Waals surface area contributed by atoms with Gasteiger partial charge in [-0.2, -0.15) is 0 Å². The second kappa shape index (κ2) is 6.11. The van der Waals surface area contributed by atoms with E-state index in [0.717, 1.165) is 19.4 Å². The molecule has 0 aromatic heterocycles. The van der Waals surface area contributed by atoms with Gasteiger partial charge in [-0.1, -0.05) is 26.7 Å². The zero-order chi connectivity index (χ0) is 11.1. The minimum atomic E-state index is -0.119. The molecular weight excluding hydrogens is 190 g/mol. The standard InChI is InChI=1S/C12H23NO2/c1-3-4-8-15-11(14)9-13-10-12(2)6-5-7-12/h13H,3-10H2,1-2H3. The van der Waals surface area contributed by atoms with Gasteiger partial charge in [-0.3, -0.25) is 4.79 Å². The highest BCUT2D eigenvalue weighted by Crippen LogP contribution is 2.39. The van der Waals surface area contributed by atoms with Gasteiger partial charge in [-0.25, -0.2) is 0 Å². The molecule has 0 bridgehead atoms. The molecule has 0 radical (unpaired) electrons. The van der Waals surface area contributed by atoms with E-state index in [1.165, 1.54) is 19.3 Å². The van der Waals surface area contributed by atoms with E-state index in [4.69, 9.17) is 4.74 Å². The number of ether oxygens (including phenoxy) is 1. The summed E-state index contributed by atoms with van der Waals surface area (Å²) >= 11 is 0. The van der Waals surface area contributed by atoms with Crippen molar-refractivity contribution in [2.45, 2.75) is 46.0 Å². The predicted octanol–water partition coefficient (Wildman–Crippen LogP) is 2.11. The largest absolute Gasteiger partial charge is 0.465 e. The SMILES string of the molecule is CCCCOC(=O)CNCC1(C)CCC1. The highest BCUT2D eigenvalue weighted by atomic mass is 16.5. The van der Waals surface area contributed by atoms with Crippen molar-refractivity contribution >= 4 is 5.97 Å². The smallest absolute Gasteiger partial charge is 0.319 e. The number of carbonyl (C=O) groups excluding carboxylic acids is 1. The average Bonchev–Trinajstić information content (AvgIpc) is 2.16. The molecule has 3 nitrogen and oxygen atoms in total. The molecule has 0 spiro atoms. The molecular formula is C12H23NO2. The molecule has 1 rings (SSSR count). The lowest BCUT2D eigenvalue weighted by molar-refractivity contribution is -0.142. The third-order valence-electron chi connectivity index (χ3n) is 3.14. The molecule has 1 aliphatic rings. The van der Waals surface area contributed by atoms with Crippen LogP contribution in [0.4, 0.5) is 0 Å². The van der Waals surface area contributed by atoms with Gasteiger partial charge >= 0.3 is 5.97 Å². The fourth-order valence-corrected chi connectivity index (χ4v) is 1.80. The number of rotatable bonds is 7. The molecule has 0 saturated heterocycles. The number of carbonyl (C=O) groups is 1. The van der Waals surface area contributed by atoms with Gasteiger partial charge in [0.1, 0.15) is 0 Å². The van der Waals surface area contributed by atoms with E-state index >= 15 is 0 Å². The van der Waals surface area contributed by atoms with Crippen molar-refractivity contribution in [2.75, 3.05) is 19.7 Å². The van der Waals surface area contributed by atoms with Crippen molar-refractivity contribution in [3.8, 4) is 0 Å². The first-order valence-corrected chi connectivity index (χ1v) is 6.03. The summed E-state index contributed by atoms with van der Waals surface area (Å²) in [4.78, 5) is 11.2. The Morgan fingerprint density at radius 2 is 2.20 bits per heavy atom. The van der Waals surface area contributed by atoms with E-state index in [9.17, 15) is 4.79 Å². The molecule has 0 amide bonds. The van der Waals surface area contributed by atoms with Crippen molar-refractivity contribution in [2.24, 2.45) is 5.41 Å². The zero-order valence-electron chi connectivity index (χ0n) is 9.97. The van der Waals surface area contributed by atoms with Gasteiger partial charge in [0.25, 0.3) is 0 Å². The second-order valence-corrected chi connectivity index (χ2v) is 4.84. The van der Waals surface area contributed by atoms with Crippen LogP contribution in [-0.2, 0) is 9.53 Å². The number of esters is 1. The summed E-state index contributed by atoms with van der Waals surface area (Å²) in [6.07, 6.45) is 5.93. The van der Waals surface area contributed by atoms with Crippen molar-refractivity contribution in [3.05, 3.63) is 0 Å². The molecule has 1 fully saturated rings. The number of hydrogen-bond acceptors (Lipinski definition) is 3. The van der Waals surface area contributed by atoms with Crippen LogP contribution < -0.4 is 5.32 Å². The quantitative estimate of drug-likeness (QED) is 0.520. The van der Waals surface area contributed by atoms with Crippen molar-refractivity contribution in [1.29, 1.82) is 0 Å². The molecule has 0 atom stereocenters. The Morgan fingerprint density at radius 1 is 1.47 bits per heavy atom. The third-order valence-corrected chi connectivity index (χ3v) is 3.14. The lowest BCUT2D eigenvalue weighted by atomic mass is 9.70.